The van der Waals surface area contributed by atoms with Crippen LogP contribution in [-0.2, 0) is 0 Å². The van der Waals surface area contributed by atoms with Crippen LogP contribution in [-0.4, -0.2) is 51.0 Å². The van der Waals surface area contributed by atoms with E-state index in [1.807, 2.05) is 51.1 Å². The Balaban J connectivity index is 1.92. The molecule has 1 aliphatic heterocycles. The fourth-order valence-electron chi connectivity index (χ4n) is 4.27. The van der Waals surface area contributed by atoms with Crippen LogP contribution in [0.5, 0.6) is 11.5 Å². The molecule has 0 radical (unpaired) electrons. The van der Waals surface area contributed by atoms with E-state index >= 15 is 0 Å². The van der Waals surface area contributed by atoms with Crippen LogP contribution in [0.4, 0.5) is 0 Å². The van der Waals surface area contributed by atoms with Crippen LogP contribution in [0.25, 0.3) is 11.3 Å². The zero-order valence-corrected chi connectivity index (χ0v) is 17.3. The monoisotopic (exact) mass is 407 g/mol. The number of phenolic OH excluding ortho intramolecular Hbond substituents is 1. The maximum absolute atomic E-state index is 13.1. The number of aromatic hydroxyl groups is 1. The van der Waals surface area contributed by atoms with Gasteiger partial charge in [0.25, 0.3) is 5.91 Å². The minimum absolute atomic E-state index is 0.122. The van der Waals surface area contributed by atoms with Gasteiger partial charge in [0.05, 0.1) is 19.3 Å². The zero-order chi connectivity index (χ0) is 21.4. The number of fused-ring (bicyclic) bond motifs is 1. The molecule has 7 heteroatoms. The number of hydrogen-bond donors (Lipinski definition) is 3. The number of amides is 1. The minimum atomic E-state index is -0.450. The van der Waals surface area contributed by atoms with Crippen molar-refractivity contribution in [3.8, 4) is 22.8 Å². The normalized spacial score (nSPS) is 15.5. The van der Waals surface area contributed by atoms with Gasteiger partial charge < -0.3 is 19.8 Å². The number of nitrogens with one attached hydrogen (secondary N) is 1. The number of hydrogen-bond acceptors (Lipinski definition) is 5. The molecule has 3 aromatic rings. The van der Waals surface area contributed by atoms with Gasteiger partial charge in [-0.05, 0) is 55.7 Å². The number of rotatable bonds is 6. The van der Waals surface area contributed by atoms with E-state index in [1.54, 1.807) is 11.0 Å². The van der Waals surface area contributed by atoms with E-state index in [4.69, 9.17) is 4.74 Å². The Morgan fingerprint density at radius 1 is 1.23 bits per heavy atom. The summed E-state index contributed by atoms with van der Waals surface area (Å²) in [7, 11) is 0. The van der Waals surface area contributed by atoms with Crippen LogP contribution in [0.15, 0.2) is 36.4 Å². The lowest BCUT2D eigenvalue weighted by molar-refractivity contribution is 0.0706. The van der Waals surface area contributed by atoms with Gasteiger partial charge in [0, 0.05) is 17.7 Å². The first kappa shape index (κ1) is 20.0. The smallest absolute Gasteiger partial charge is 0.273 e. The lowest BCUT2D eigenvalue weighted by atomic mass is 9.93. The second kappa shape index (κ2) is 7.84. The number of carbonyl (C=O) groups is 1. The second-order valence-corrected chi connectivity index (χ2v) is 7.47. The predicted molar refractivity (Wildman–Crippen MR) is 113 cm³/mol. The number of carbonyl (C=O) groups excluding carboxylic acids is 1. The molecule has 156 valence electrons. The number of ether oxygens (including phenoxy) is 1. The van der Waals surface area contributed by atoms with E-state index in [-0.39, 0.29) is 24.8 Å². The molecule has 30 heavy (non-hydrogen) atoms. The summed E-state index contributed by atoms with van der Waals surface area (Å²) in [5.41, 5.74) is 4.89. The summed E-state index contributed by atoms with van der Waals surface area (Å²) in [6, 6.07) is 10.8. The number of aromatic amines is 1. The van der Waals surface area contributed by atoms with Crippen LogP contribution in [0.3, 0.4) is 0 Å². The number of H-pyrrole nitrogens is 1. The highest BCUT2D eigenvalue weighted by Gasteiger charge is 2.42. The summed E-state index contributed by atoms with van der Waals surface area (Å²) in [6.07, 6.45) is 0. The van der Waals surface area contributed by atoms with Gasteiger partial charge in [-0.15, -0.1) is 0 Å². The number of benzene rings is 2. The first-order valence-corrected chi connectivity index (χ1v) is 9.99. The van der Waals surface area contributed by atoms with Gasteiger partial charge in [-0.25, -0.2) is 0 Å². The molecule has 7 nitrogen and oxygen atoms in total. The van der Waals surface area contributed by atoms with E-state index in [9.17, 15) is 15.0 Å². The Morgan fingerprint density at radius 2 is 2.03 bits per heavy atom. The van der Waals surface area contributed by atoms with Crippen LogP contribution in [0, 0.1) is 13.8 Å². The average molecular weight is 407 g/mol. The maximum Gasteiger partial charge on any atom is 0.273 e. The minimum Gasteiger partial charge on any atom is -0.507 e. The third-order valence-corrected chi connectivity index (χ3v) is 5.39. The second-order valence-electron chi connectivity index (χ2n) is 7.47. The van der Waals surface area contributed by atoms with Crippen molar-refractivity contribution in [2.45, 2.75) is 26.8 Å². The Kier molecular flexibility index (Phi) is 5.22. The standard InChI is InChI=1S/C23H25N3O4/c1-4-30-16-7-5-6-15(12-16)22-19-20(18-14(3)10-13(2)11-17(18)28)24-25-21(19)23(29)26(22)8-9-27/h5-7,10-12,22,27-28H,4,8-9H2,1-3H3,(H,24,25). The van der Waals surface area contributed by atoms with Gasteiger partial charge in [0.1, 0.15) is 22.9 Å². The molecule has 1 aliphatic rings. The molecule has 4 rings (SSSR count). The summed E-state index contributed by atoms with van der Waals surface area (Å²) in [5, 5.41) is 27.5. The van der Waals surface area contributed by atoms with E-state index in [1.165, 1.54) is 0 Å². The van der Waals surface area contributed by atoms with Gasteiger partial charge in [-0.2, -0.15) is 5.10 Å². The first-order valence-electron chi connectivity index (χ1n) is 9.99. The van der Waals surface area contributed by atoms with Crippen molar-refractivity contribution in [3.05, 3.63) is 64.3 Å². The highest BCUT2D eigenvalue weighted by molar-refractivity contribution is 6.00. The summed E-state index contributed by atoms with van der Waals surface area (Å²) in [4.78, 5) is 14.7. The van der Waals surface area contributed by atoms with Crippen molar-refractivity contribution in [1.82, 2.24) is 15.1 Å². The van der Waals surface area contributed by atoms with Crippen LogP contribution in [0.1, 0.15) is 45.7 Å². The zero-order valence-electron chi connectivity index (χ0n) is 17.3. The lowest BCUT2D eigenvalue weighted by Gasteiger charge is -2.26. The van der Waals surface area contributed by atoms with Crippen molar-refractivity contribution in [2.24, 2.45) is 0 Å². The number of nitrogens with zero attached hydrogens (tertiary/aromatic N) is 2. The molecule has 1 aromatic heterocycles. The molecule has 1 unspecified atom stereocenters. The number of aryl methyl sites for hydroxylation is 2. The predicted octanol–water partition coefficient (Wildman–Crippen LogP) is 3.34. The third-order valence-electron chi connectivity index (χ3n) is 5.39. The average Bonchev–Trinajstić information content (AvgIpc) is 3.22. The Bertz CT molecular complexity index is 1080. The summed E-state index contributed by atoms with van der Waals surface area (Å²) in [6.45, 7) is 6.31. The van der Waals surface area contributed by atoms with E-state index in [0.717, 1.165) is 16.7 Å². The topological polar surface area (TPSA) is 98.7 Å². The molecule has 0 bridgehead atoms. The number of phenols is 1. The van der Waals surface area contributed by atoms with Gasteiger partial charge >= 0.3 is 0 Å². The highest BCUT2D eigenvalue weighted by atomic mass is 16.5. The molecule has 0 aliphatic carbocycles. The van der Waals surface area contributed by atoms with Crippen molar-refractivity contribution < 1.29 is 19.7 Å². The highest BCUT2D eigenvalue weighted by Crippen LogP contribution is 2.45. The van der Waals surface area contributed by atoms with Gasteiger partial charge in [0.15, 0.2) is 0 Å². The van der Waals surface area contributed by atoms with Crippen LogP contribution >= 0.6 is 0 Å². The molecule has 1 amide bonds. The fourth-order valence-corrected chi connectivity index (χ4v) is 4.27. The first-order chi connectivity index (χ1) is 14.5. The Hall–Kier alpha value is -3.32. The van der Waals surface area contributed by atoms with Gasteiger partial charge in [-0.3, -0.25) is 9.89 Å². The molecule has 1 atom stereocenters. The fraction of sp³-hybridized carbons (Fsp3) is 0.304. The van der Waals surface area contributed by atoms with E-state index in [2.05, 4.69) is 10.2 Å². The quantitative estimate of drug-likeness (QED) is 0.582. The van der Waals surface area contributed by atoms with Crippen LogP contribution in [0.2, 0.25) is 0 Å². The molecule has 0 saturated heterocycles. The summed E-state index contributed by atoms with van der Waals surface area (Å²) in [5.74, 6) is 0.602. The van der Waals surface area contributed by atoms with E-state index < -0.39 is 6.04 Å². The molecule has 2 aromatic carbocycles. The molecule has 0 spiro atoms. The number of aliphatic hydroxyl groups excluding tert-OH is 1. The van der Waals surface area contributed by atoms with Crippen molar-refractivity contribution in [2.75, 3.05) is 19.8 Å². The summed E-state index contributed by atoms with van der Waals surface area (Å²) < 4.78 is 5.65. The molecular formula is C23H25N3O4. The maximum atomic E-state index is 13.1. The lowest BCUT2D eigenvalue weighted by Crippen LogP contribution is -2.32. The third kappa shape index (κ3) is 3.21. The van der Waals surface area contributed by atoms with Crippen molar-refractivity contribution in [3.63, 3.8) is 0 Å². The van der Waals surface area contributed by atoms with Crippen LogP contribution < -0.4 is 4.74 Å². The largest absolute Gasteiger partial charge is 0.507 e. The Morgan fingerprint density at radius 3 is 2.73 bits per heavy atom. The van der Waals surface area contributed by atoms with Crippen molar-refractivity contribution in [1.29, 1.82) is 0 Å². The molecule has 3 N–H and O–H groups in total. The van der Waals surface area contributed by atoms with Crippen molar-refractivity contribution >= 4 is 5.91 Å². The summed E-state index contributed by atoms with van der Waals surface area (Å²) >= 11 is 0. The van der Waals surface area contributed by atoms with E-state index in [0.29, 0.717) is 34.9 Å². The SMILES string of the molecule is CCOc1cccc(C2c3c(-c4c(C)cc(C)cc4O)n[nH]c3C(=O)N2CCO)c1. The molecular weight excluding hydrogens is 382 g/mol. The number of aliphatic hydroxyl groups is 1. The number of β-amino-alcohol motifs (C(OH)–C–C–N with tert-alkyl or cyclic N) is 1. The molecule has 0 saturated carbocycles. The number of aromatic nitrogens is 2. The molecule has 0 fully saturated rings. The Labute approximate surface area is 174 Å². The van der Waals surface area contributed by atoms with Gasteiger partial charge in [0.2, 0.25) is 0 Å². The molecule has 2 heterocycles. The van der Waals surface area contributed by atoms with Gasteiger partial charge in [-0.1, -0.05) is 18.2 Å².